The third-order valence-corrected chi connectivity index (χ3v) is 11.1. The Bertz CT molecular complexity index is 1680. The van der Waals surface area contributed by atoms with Crippen molar-refractivity contribution in [1.82, 2.24) is 24.9 Å². The third kappa shape index (κ3) is 10.3. The lowest BCUT2D eigenvalue weighted by Gasteiger charge is -2.38. The number of amides is 1. The largest absolute Gasteiger partial charge is 0.480 e. The summed E-state index contributed by atoms with van der Waals surface area (Å²) >= 11 is 3.76. The highest BCUT2D eigenvalue weighted by Gasteiger charge is 2.39. The number of carbonyl (C=O) groups excluding carboxylic acids is 1. The monoisotopic (exact) mass is 798 g/mol. The highest BCUT2D eigenvalue weighted by atomic mass is 79.9. The maximum atomic E-state index is 13.2. The number of benzene rings is 2. The Morgan fingerprint density at radius 3 is 1.87 bits per heavy atom. The molecule has 1 amide bonds. The molecule has 5 N–H and O–H groups in total. The highest BCUT2D eigenvalue weighted by Crippen LogP contribution is 2.52. The molecule has 3 unspecified atom stereocenters. The summed E-state index contributed by atoms with van der Waals surface area (Å²) < 4.78 is 12.2. The molecule has 1 aliphatic carbocycles. The Hall–Kier alpha value is -4.22. The van der Waals surface area contributed by atoms with Crippen LogP contribution in [-0.2, 0) is 25.6 Å². The van der Waals surface area contributed by atoms with E-state index in [2.05, 4.69) is 63.0 Å². The van der Waals surface area contributed by atoms with Gasteiger partial charge in [0.2, 0.25) is 12.7 Å². The normalized spacial score (nSPS) is 22.5. The van der Waals surface area contributed by atoms with Crippen LogP contribution in [0.2, 0.25) is 0 Å². The zero-order valence-corrected chi connectivity index (χ0v) is 31.1. The molecule has 2 aromatic rings. The van der Waals surface area contributed by atoms with E-state index in [4.69, 9.17) is 9.47 Å². The summed E-state index contributed by atoms with van der Waals surface area (Å²) in [5, 5.41) is 35.2. The number of allylic oxidation sites excluding steroid dienone is 2. The van der Waals surface area contributed by atoms with Crippen LogP contribution in [0.25, 0.3) is 0 Å². The minimum absolute atomic E-state index is 0.0758. The summed E-state index contributed by atoms with van der Waals surface area (Å²) in [7, 11) is 0. The second-order valence-electron chi connectivity index (χ2n) is 14.0. The van der Waals surface area contributed by atoms with Gasteiger partial charge in [0.15, 0.2) is 11.5 Å². The van der Waals surface area contributed by atoms with Gasteiger partial charge in [0.1, 0.15) is 0 Å². The zero-order valence-electron chi connectivity index (χ0n) is 29.5. The summed E-state index contributed by atoms with van der Waals surface area (Å²) in [6.07, 6.45) is 6.14. The van der Waals surface area contributed by atoms with Crippen LogP contribution in [-0.4, -0.2) is 151 Å². The van der Waals surface area contributed by atoms with E-state index < -0.39 is 17.9 Å². The van der Waals surface area contributed by atoms with Crippen molar-refractivity contribution < 1.29 is 44.0 Å². The molecule has 286 valence electrons. The number of rotatable bonds is 12. The molecular formula is C37H47BrN6O9. The number of hydrogen-bond acceptors (Lipinski definition) is 11. The van der Waals surface area contributed by atoms with E-state index >= 15 is 0 Å². The number of nitrogens with zero attached hydrogens (tertiary/aromatic N) is 4. The van der Waals surface area contributed by atoms with E-state index in [0.29, 0.717) is 71.2 Å². The van der Waals surface area contributed by atoms with Crippen LogP contribution in [0.15, 0.2) is 47.0 Å². The van der Waals surface area contributed by atoms with Crippen LogP contribution >= 0.6 is 15.9 Å². The summed E-state index contributed by atoms with van der Waals surface area (Å²) in [4.78, 5) is 54.9. The van der Waals surface area contributed by atoms with Gasteiger partial charge >= 0.3 is 17.9 Å². The third-order valence-electron chi connectivity index (χ3n) is 10.4. The second-order valence-corrected chi connectivity index (χ2v) is 14.9. The number of carbonyl (C=O) groups is 4. The maximum absolute atomic E-state index is 13.2. The number of carboxylic acid groups (broad SMARTS) is 3. The predicted octanol–water partition coefficient (Wildman–Crippen LogP) is 2.14. The molecular weight excluding hydrogens is 752 g/mol. The van der Waals surface area contributed by atoms with Crippen LogP contribution in [0.3, 0.4) is 0 Å². The van der Waals surface area contributed by atoms with Gasteiger partial charge in [-0.15, -0.1) is 0 Å². The molecule has 0 aromatic heterocycles. The van der Waals surface area contributed by atoms with Gasteiger partial charge in [-0.1, -0.05) is 40.2 Å². The van der Waals surface area contributed by atoms with Crippen molar-refractivity contribution in [1.29, 1.82) is 0 Å². The summed E-state index contributed by atoms with van der Waals surface area (Å²) in [5.41, 5.74) is 4.57. The van der Waals surface area contributed by atoms with Crippen molar-refractivity contribution in [3.63, 3.8) is 0 Å². The van der Waals surface area contributed by atoms with Crippen LogP contribution in [0, 0.1) is 5.92 Å². The Morgan fingerprint density at radius 2 is 1.30 bits per heavy atom. The molecule has 0 saturated carbocycles. The molecule has 0 bridgehead atoms. The van der Waals surface area contributed by atoms with Crippen molar-refractivity contribution in [2.24, 2.45) is 5.92 Å². The average molecular weight is 800 g/mol. The van der Waals surface area contributed by atoms with Crippen molar-refractivity contribution in [2.75, 3.05) is 97.2 Å². The molecule has 6 rings (SSSR count). The van der Waals surface area contributed by atoms with E-state index in [1.165, 1.54) is 5.56 Å². The van der Waals surface area contributed by atoms with Crippen molar-refractivity contribution in [2.45, 2.75) is 24.8 Å². The van der Waals surface area contributed by atoms with Gasteiger partial charge in [0.05, 0.1) is 32.2 Å². The first-order valence-corrected chi connectivity index (χ1v) is 18.8. The quantitative estimate of drug-likeness (QED) is 0.197. The van der Waals surface area contributed by atoms with E-state index in [0.717, 1.165) is 39.2 Å². The number of anilines is 1. The number of carboxylic acids is 3. The maximum Gasteiger partial charge on any atom is 0.317 e. The predicted molar refractivity (Wildman–Crippen MR) is 198 cm³/mol. The van der Waals surface area contributed by atoms with Gasteiger partial charge in [0.25, 0.3) is 0 Å². The highest BCUT2D eigenvalue weighted by molar-refractivity contribution is 9.10. The van der Waals surface area contributed by atoms with Crippen LogP contribution < -0.4 is 20.1 Å². The fourth-order valence-corrected chi connectivity index (χ4v) is 8.24. The first-order chi connectivity index (χ1) is 25.5. The smallest absolute Gasteiger partial charge is 0.317 e. The molecule has 15 nitrogen and oxygen atoms in total. The van der Waals surface area contributed by atoms with Gasteiger partial charge in [0, 0.05) is 75.0 Å². The Balaban J connectivity index is 1.06. The summed E-state index contributed by atoms with van der Waals surface area (Å²) in [6.45, 7) is 2.84. The topological polar surface area (TPSA) is 184 Å². The Kier molecular flexibility index (Phi) is 12.9. The number of hydrogen-bond donors (Lipinski definition) is 5. The minimum atomic E-state index is -1.01. The number of halogens is 1. The molecule has 3 aliphatic heterocycles. The summed E-state index contributed by atoms with van der Waals surface area (Å²) in [6, 6.07) is 10.6. The molecule has 3 heterocycles. The molecule has 1 fully saturated rings. The van der Waals surface area contributed by atoms with Gasteiger partial charge in [-0.2, -0.15) is 0 Å². The number of ether oxygens (including phenoxy) is 2. The van der Waals surface area contributed by atoms with Gasteiger partial charge in [-0.05, 0) is 53.6 Å². The van der Waals surface area contributed by atoms with E-state index in [1.54, 1.807) is 14.7 Å². The summed E-state index contributed by atoms with van der Waals surface area (Å²) in [5.74, 6) is -1.09. The molecule has 3 atom stereocenters. The molecule has 0 radical (unpaired) electrons. The van der Waals surface area contributed by atoms with Gasteiger partial charge in [-0.25, -0.2) is 0 Å². The van der Waals surface area contributed by atoms with Crippen LogP contribution in [0.1, 0.15) is 35.1 Å². The minimum Gasteiger partial charge on any atom is -0.480 e. The molecule has 53 heavy (non-hydrogen) atoms. The Morgan fingerprint density at radius 1 is 0.755 bits per heavy atom. The number of fused-ring (bicyclic) bond motifs is 4. The number of aliphatic carboxylic acids is 3. The standard InChI is InChI=1S/C37H47BrN6O9/c38-29-18-32-31(52-23-53-32)17-28(29)37-26-3-1-2-25(26)27-16-24(4-5-30(27)40-37)6-7-39-33(45)19-41-8-10-42(20-34(46)47)12-14-44(22-36(50)51)15-13-43(11-9-41)21-35(48)49/h1-2,4-5,16-18,25-26,37,40H,3,6-15,19-23H2,(H,39,45)(H,46,47)(H,48,49)(H,50,51). The fraction of sp³-hybridized carbons (Fsp3) is 0.514. The van der Waals surface area contributed by atoms with Gasteiger partial charge in [-0.3, -0.25) is 38.8 Å². The Labute approximate surface area is 316 Å². The van der Waals surface area contributed by atoms with Crippen molar-refractivity contribution >= 4 is 45.4 Å². The van der Waals surface area contributed by atoms with E-state index in [-0.39, 0.29) is 50.8 Å². The van der Waals surface area contributed by atoms with E-state index in [1.807, 2.05) is 11.0 Å². The lowest BCUT2D eigenvalue weighted by Crippen LogP contribution is -2.49. The van der Waals surface area contributed by atoms with Gasteiger partial charge < -0.3 is 35.4 Å². The zero-order chi connectivity index (χ0) is 37.5. The fourth-order valence-electron chi connectivity index (χ4n) is 7.67. The SMILES string of the molecule is O=C(O)CN1CCN(CC(=O)O)CCN(CC(=O)NCCc2ccc3c(c2)C2C=CCC2C(c2cc4c(cc2Br)OCO4)N3)CCN(CC(=O)O)CC1. The molecule has 2 aromatic carbocycles. The van der Waals surface area contributed by atoms with E-state index in [9.17, 15) is 34.5 Å². The molecule has 1 saturated heterocycles. The molecule has 4 aliphatic rings. The first kappa shape index (κ1) is 38.5. The second kappa shape index (κ2) is 17.7. The van der Waals surface area contributed by atoms with Crippen molar-refractivity contribution in [3.8, 4) is 11.5 Å². The molecule has 16 heteroatoms. The first-order valence-electron chi connectivity index (χ1n) is 18.0. The van der Waals surface area contributed by atoms with Crippen molar-refractivity contribution in [3.05, 3.63) is 63.6 Å². The van der Waals surface area contributed by atoms with Crippen LogP contribution in [0.4, 0.5) is 5.69 Å². The molecule has 0 spiro atoms. The lowest BCUT2D eigenvalue weighted by atomic mass is 9.76. The lowest BCUT2D eigenvalue weighted by molar-refractivity contribution is -0.140. The van der Waals surface area contributed by atoms with Crippen LogP contribution in [0.5, 0.6) is 11.5 Å². The average Bonchev–Trinajstić information content (AvgIpc) is 3.78. The number of nitrogens with one attached hydrogen (secondary N) is 2.